The van der Waals surface area contributed by atoms with Gasteiger partial charge in [0, 0.05) is 48.9 Å². The molecule has 0 unspecified atom stereocenters. The number of anilines is 1. The zero-order chi connectivity index (χ0) is 24.3. The number of carbonyl (C=O) groups is 1. The average molecular weight is 473 g/mol. The number of aryl methyl sites for hydroxylation is 1. The van der Waals surface area contributed by atoms with E-state index in [1.165, 1.54) is 12.8 Å². The Labute approximate surface area is 199 Å². The van der Waals surface area contributed by atoms with Gasteiger partial charge in [-0.05, 0) is 50.3 Å². The second-order valence-corrected chi connectivity index (χ2v) is 9.16. The number of pyridine rings is 1. The van der Waals surface area contributed by atoms with Crippen LogP contribution in [0.1, 0.15) is 50.2 Å². The summed E-state index contributed by atoms with van der Waals surface area (Å²) >= 11 is 0. The number of rotatable bonds is 10. The number of carboxylic acids is 1. The van der Waals surface area contributed by atoms with Crippen LogP contribution in [0.15, 0.2) is 18.3 Å². The molecule has 0 amide bonds. The first-order valence-electron chi connectivity index (χ1n) is 12.0. The molecule has 34 heavy (non-hydrogen) atoms. The topological polar surface area (TPSA) is 89.9 Å². The van der Waals surface area contributed by atoms with E-state index >= 15 is 4.39 Å². The molecule has 1 saturated carbocycles. The van der Waals surface area contributed by atoms with Crippen molar-refractivity contribution in [2.24, 2.45) is 5.92 Å². The molecule has 2 aromatic rings. The maximum atomic E-state index is 15.6. The second-order valence-electron chi connectivity index (χ2n) is 9.16. The second kappa shape index (κ2) is 10.2. The lowest BCUT2D eigenvalue weighted by Gasteiger charge is -2.34. The van der Waals surface area contributed by atoms with Crippen LogP contribution in [0, 0.1) is 18.7 Å². The van der Waals surface area contributed by atoms with Crippen molar-refractivity contribution in [1.82, 2.24) is 4.98 Å². The Kier molecular flexibility index (Phi) is 7.26. The predicted octanol–water partition coefficient (Wildman–Crippen LogP) is 4.99. The third-order valence-electron chi connectivity index (χ3n) is 6.85. The number of benzene rings is 1. The summed E-state index contributed by atoms with van der Waals surface area (Å²) in [5, 5.41) is 13.1. The Balaban J connectivity index is 1.75. The minimum atomic E-state index is -1.12. The fraction of sp³-hybridized carbons (Fsp3) is 0.538. The van der Waals surface area contributed by atoms with E-state index in [1.54, 1.807) is 26.3 Å². The molecule has 1 aliphatic heterocycles. The Morgan fingerprint density at radius 1 is 1.29 bits per heavy atom. The molecule has 0 atom stereocenters. The van der Waals surface area contributed by atoms with Crippen LogP contribution in [0.3, 0.4) is 0 Å². The molecule has 2 aliphatic rings. The highest BCUT2D eigenvalue weighted by atomic mass is 19.1. The largest absolute Gasteiger partial charge is 0.496 e. The highest BCUT2D eigenvalue weighted by Crippen LogP contribution is 2.41. The molecule has 2 heterocycles. The molecule has 2 fully saturated rings. The molecular weight excluding hydrogens is 439 g/mol. The number of nitrogens with one attached hydrogen (secondary N) is 1. The summed E-state index contributed by atoms with van der Waals surface area (Å²) in [4.78, 5) is 16.6. The molecule has 184 valence electrons. The monoisotopic (exact) mass is 472 g/mol. The van der Waals surface area contributed by atoms with Gasteiger partial charge >= 0.3 is 5.97 Å². The van der Waals surface area contributed by atoms with E-state index < -0.39 is 17.3 Å². The number of nitrogens with zero attached hydrogens (tertiary/aromatic N) is 1. The van der Waals surface area contributed by atoms with E-state index in [1.807, 2.05) is 13.0 Å². The van der Waals surface area contributed by atoms with Gasteiger partial charge in [-0.3, -0.25) is 0 Å². The number of carboxylic acid groups (broad SMARTS) is 1. The first-order chi connectivity index (χ1) is 16.4. The number of ether oxygens (including phenoxy) is 3. The molecule has 1 saturated heterocycles. The van der Waals surface area contributed by atoms with Crippen molar-refractivity contribution in [3.8, 4) is 22.6 Å². The molecular formula is C26H33FN2O5. The number of aromatic nitrogens is 1. The van der Waals surface area contributed by atoms with Gasteiger partial charge in [0.15, 0.2) is 11.6 Å². The standard InChI is InChI=1S/C26H33FN2O5/c1-4-34-24-16(2)21(32-3)14-19(23(24)27)20-15-28-22(13-18(20)8-7-17-5-6-17)29-26(25(30)31)9-11-33-12-10-26/h13-15,17H,4-12H2,1-3H3,(H,28,29)(H,30,31). The van der Waals surface area contributed by atoms with Gasteiger partial charge in [0.05, 0.1) is 13.7 Å². The van der Waals surface area contributed by atoms with Crippen molar-refractivity contribution in [3.05, 3.63) is 35.3 Å². The lowest BCUT2D eigenvalue weighted by molar-refractivity contribution is -0.145. The fourth-order valence-electron chi connectivity index (χ4n) is 4.56. The summed E-state index contributed by atoms with van der Waals surface area (Å²) in [5.41, 5.74) is 1.44. The Bertz CT molecular complexity index is 1050. The number of hydrogen-bond donors (Lipinski definition) is 2. The third-order valence-corrected chi connectivity index (χ3v) is 6.85. The number of hydrogen-bond acceptors (Lipinski definition) is 6. The zero-order valence-corrected chi connectivity index (χ0v) is 20.1. The Hall–Kier alpha value is -2.87. The zero-order valence-electron chi connectivity index (χ0n) is 20.1. The fourth-order valence-corrected chi connectivity index (χ4v) is 4.56. The maximum Gasteiger partial charge on any atom is 0.329 e. The quantitative estimate of drug-likeness (QED) is 0.503. The van der Waals surface area contributed by atoms with Crippen LogP contribution >= 0.6 is 0 Å². The molecule has 7 nitrogen and oxygen atoms in total. The predicted molar refractivity (Wildman–Crippen MR) is 127 cm³/mol. The summed E-state index contributed by atoms with van der Waals surface area (Å²) in [7, 11) is 1.55. The van der Waals surface area contributed by atoms with E-state index in [0.717, 1.165) is 18.4 Å². The Morgan fingerprint density at radius 2 is 2.03 bits per heavy atom. The van der Waals surface area contributed by atoms with E-state index in [-0.39, 0.29) is 5.75 Å². The highest BCUT2D eigenvalue weighted by molar-refractivity contribution is 5.83. The summed E-state index contributed by atoms with van der Waals surface area (Å²) in [5.74, 6) is 0.526. The van der Waals surface area contributed by atoms with Crippen molar-refractivity contribution in [3.63, 3.8) is 0 Å². The van der Waals surface area contributed by atoms with Crippen LogP contribution in [0.25, 0.3) is 11.1 Å². The summed E-state index contributed by atoms with van der Waals surface area (Å²) in [6.45, 7) is 4.67. The van der Waals surface area contributed by atoms with Crippen molar-refractivity contribution < 1.29 is 28.5 Å². The van der Waals surface area contributed by atoms with E-state index in [9.17, 15) is 9.90 Å². The van der Waals surface area contributed by atoms with Crippen LogP contribution in [0.4, 0.5) is 10.2 Å². The van der Waals surface area contributed by atoms with Gasteiger partial charge in [0.2, 0.25) is 0 Å². The first kappa shape index (κ1) is 24.3. The normalized spacial score (nSPS) is 17.3. The molecule has 0 spiro atoms. The summed E-state index contributed by atoms with van der Waals surface area (Å²) in [6.07, 6.45) is 6.51. The molecule has 1 aromatic carbocycles. The van der Waals surface area contributed by atoms with Gasteiger partial charge in [0.25, 0.3) is 0 Å². The molecule has 0 bridgehead atoms. The van der Waals surface area contributed by atoms with Crippen molar-refractivity contribution in [1.29, 1.82) is 0 Å². The Morgan fingerprint density at radius 3 is 2.65 bits per heavy atom. The van der Waals surface area contributed by atoms with Crippen LogP contribution in [-0.2, 0) is 16.0 Å². The molecule has 1 aliphatic carbocycles. The van der Waals surface area contributed by atoms with Gasteiger partial charge in [-0.15, -0.1) is 0 Å². The molecule has 1 aromatic heterocycles. The number of aliphatic carboxylic acids is 1. The number of halogens is 1. The lowest BCUT2D eigenvalue weighted by Crippen LogP contribution is -2.50. The number of methoxy groups -OCH3 is 1. The highest BCUT2D eigenvalue weighted by Gasteiger charge is 2.40. The molecule has 2 N–H and O–H groups in total. The van der Waals surface area contributed by atoms with Crippen molar-refractivity contribution >= 4 is 11.8 Å². The smallest absolute Gasteiger partial charge is 0.329 e. The van der Waals surface area contributed by atoms with E-state index in [2.05, 4.69) is 10.3 Å². The van der Waals surface area contributed by atoms with Gasteiger partial charge in [-0.1, -0.05) is 12.8 Å². The third kappa shape index (κ3) is 4.97. The maximum absolute atomic E-state index is 15.6. The summed E-state index contributed by atoms with van der Waals surface area (Å²) in [6, 6.07) is 3.55. The van der Waals surface area contributed by atoms with E-state index in [4.69, 9.17) is 14.2 Å². The van der Waals surface area contributed by atoms with Crippen LogP contribution < -0.4 is 14.8 Å². The molecule has 0 radical (unpaired) electrons. The van der Waals surface area contributed by atoms with Crippen molar-refractivity contribution in [2.45, 2.75) is 57.9 Å². The molecule has 8 heteroatoms. The van der Waals surface area contributed by atoms with Crippen LogP contribution in [0.2, 0.25) is 0 Å². The molecule has 4 rings (SSSR count). The van der Waals surface area contributed by atoms with Crippen LogP contribution in [0.5, 0.6) is 11.5 Å². The van der Waals surface area contributed by atoms with Gasteiger partial charge < -0.3 is 24.6 Å². The summed E-state index contributed by atoms with van der Waals surface area (Å²) < 4.78 is 32.1. The van der Waals surface area contributed by atoms with Gasteiger partial charge in [0.1, 0.15) is 17.1 Å². The minimum Gasteiger partial charge on any atom is -0.496 e. The van der Waals surface area contributed by atoms with Crippen molar-refractivity contribution in [2.75, 3.05) is 32.2 Å². The van der Waals surface area contributed by atoms with Gasteiger partial charge in [-0.25, -0.2) is 14.2 Å². The van der Waals surface area contributed by atoms with Crippen LogP contribution in [-0.4, -0.2) is 48.5 Å². The van der Waals surface area contributed by atoms with E-state index in [0.29, 0.717) is 66.8 Å². The first-order valence-corrected chi connectivity index (χ1v) is 12.0. The van der Waals surface area contributed by atoms with Gasteiger partial charge in [-0.2, -0.15) is 0 Å². The lowest BCUT2D eigenvalue weighted by atomic mass is 9.89. The average Bonchev–Trinajstić information content (AvgIpc) is 3.66. The minimum absolute atomic E-state index is 0.180. The SMILES string of the molecule is CCOc1c(C)c(OC)cc(-c2cnc(NC3(C(=O)O)CCOCC3)cc2CCC2CC2)c1F.